The first-order valence-electron chi connectivity index (χ1n) is 9.94. The van der Waals surface area contributed by atoms with E-state index < -0.39 is 0 Å². The number of hydrogen-bond acceptors (Lipinski definition) is 7. The third-order valence-corrected chi connectivity index (χ3v) is 6.78. The minimum Gasteiger partial charge on any atom is -0.430 e. The van der Waals surface area contributed by atoms with Crippen LogP contribution in [-0.2, 0) is 11.8 Å². The van der Waals surface area contributed by atoms with E-state index in [0.29, 0.717) is 11.0 Å². The molecule has 0 fully saturated rings. The summed E-state index contributed by atoms with van der Waals surface area (Å²) in [5.74, 6) is 1.47. The molecule has 0 aliphatic rings. The van der Waals surface area contributed by atoms with Crippen molar-refractivity contribution in [1.82, 2.24) is 19.2 Å². The molecule has 0 aliphatic heterocycles. The Balaban J connectivity index is 1.74. The molecule has 0 aliphatic carbocycles. The lowest BCUT2D eigenvalue weighted by Gasteiger charge is -2.16. The fraction of sp³-hybridized carbons (Fsp3) is 0.500. The molecule has 29 heavy (non-hydrogen) atoms. The van der Waals surface area contributed by atoms with E-state index >= 15 is 0 Å². The standard InChI is InChI=1S/C22H30N4OS2/c1-8-26(7)10-9-16-11-15(3)18(12-14(16)2)27-21-24-19(25-29-21)17-13-28-20(23-17)22(4,5)6/h11-13H,8-10H2,1-7H3. The molecule has 0 unspecified atom stereocenters. The van der Waals surface area contributed by atoms with Crippen LogP contribution in [0.3, 0.4) is 0 Å². The van der Waals surface area contributed by atoms with Gasteiger partial charge in [0.05, 0.1) is 5.01 Å². The van der Waals surface area contributed by atoms with E-state index in [4.69, 9.17) is 9.72 Å². The molecule has 0 atom stereocenters. The Bertz CT molecular complexity index is 972. The van der Waals surface area contributed by atoms with E-state index in [0.717, 1.165) is 41.5 Å². The van der Waals surface area contributed by atoms with Crippen molar-refractivity contribution in [2.45, 2.75) is 53.4 Å². The highest BCUT2D eigenvalue weighted by molar-refractivity contribution is 7.10. The van der Waals surface area contributed by atoms with Crippen LogP contribution < -0.4 is 4.74 Å². The van der Waals surface area contributed by atoms with Gasteiger partial charge in [-0.15, -0.1) is 11.3 Å². The lowest BCUT2D eigenvalue weighted by molar-refractivity contribution is 0.357. The number of rotatable bonds is 7. The first-order valence-corrected chi connectivity index (χ1v) is 11.6. The predicted molar refractivity (Wildman–Crippen MR) is 123 cm³/mol. The molecular weight excluding hydrogens is 400 g/mol. The van der Waals surface area contributed by atoms with Gasteiger partial charge in [0, 0.05) is 28.9 Å². The van der Waals surface area contributed by atoms with Crippen LogP contribution in [0.4, 0.5) is 0 Å². The molecule has 2 aromatic heterocycles. The number of aromatic nitrogens is 3. The van der Waals surface area contributed by atoms with Crippen molar-refractivity contribution >= 4 is 22.9 Å². The molecule has 0 bridgehead atoms. The fourth-order valence-corrected chi connectivity index (χ4v) is 4.31. The topological polar surface area (TPSA) is 51.1 Å². The first kappa shape index (κ1) is 21.9. The Morgan fingerprint density at radius 3 is 2.52 bits per heavy atom. The Morgan fingerprint density at radius 1 is 1.10 bits per heavy atom. The van der Waals surface area contributed by atoms with Crippen molar-refractivity contribution in [2.75, 3.05) is 20.1 Å². The molecule has 0 spiro atoms. The maximum Gasteiger partial charge on any atom is 0.299 e. The van der Waals surface area contributed by atoms with Gasteiger partial charge < -0.3 is 9.64 Å². The third kappa shape index (κ3) is 5.41. The molecule has 5 nitrogen and oxygen atoms in total. The molecular formula is C22H30N4OS2. The maximum atomic E-state index is 6.08. The summed E-state index contributed by atoms with van der Waals surface area (Å²) in [4.78, 5) is 11.6. The Morgan fingerprint density at radius 2 is 1.86 bits per heavy atom. The van der Waals surface area contributed by atoms with Crippen molar-refractivity contribution in [3.05, 3.63) is 39.2 Å². The lowest BCUT2D eigenvalue weighted by atomic mass is 9.98. The summed E-state index contributed by atoms with van der Waals surface area (Å²) in [5, 5.41) is 3.65. The number of hydrogen-bond donors (Lipinski definition) is 0. The van der Waals surface area contributed by atoms with Gasteiger partial charge in [-0.1, -0.05) is 33.8 Å². The van der Waals surface area contributed by atoms with Crippen molar-refractivity contribution in [1.29, 1.82) is 0 Å². The van der Waals surface area contributed by atoms with E-state index in [9.17, 15) is 0 Å². The molecule has 0 N–H and O–H groups in total. The summed E-state index contributed by atoms with van der Waals surface area (Å²) < 4.78 is 10.5. The summed E-state index contributed by atoms with van der Waals surface area (Å²) in [5.41, 5.74) is 4.57. The summed E-state index contributed by atoms with van der Waals surface area (Å²) >= 11 is 2.91. The molecule has 0 saturated carbocycles. The van der Waals surface area contributed by atoms with E-state index in [1.165, 1.54) is 22.7 Å². The van der Waals surface area contributed by atoms with Crippen LogP contribution in [0.5, 0.6) is 10.9 Å². The zero-order valence-corrected chi connectivity index (χ0v) is 20.0. The zero-order chi connectivity index (χ0) is 21.2. The molecule has 0 saturated heterocycles. The smallest absolute Gasteiger partial charge is 0.299 e. The van der Waals surface area contributed by atoms with Crippen LogP contribution >= 0.6 is 22.9 Å². The largest absolute Gasteiger partial charge is 0.430 e. The molecule has 3 aromatic rings. The second kappa shape index (κ2) is 8.90. The van der Waals surface area contributed by atoms with Crippen LogP contribution in [0.15, 0.2) is 17.5 Å². The van der Waals surface area contributed by atoms with Crippen LogP contribution in [0, 0.1) is 13.8 Å². The average Bonchev–Trinajstić information content (AvgIpc) is 3.32. The quantitative estimate of drug-likeness (QED) is 0.470. The van der Waals surface area contributed by atoms with Crippen molar-refractivity contribution in [3.63, 3.8) is 0 Å². The predicted octanol–water partition coefficient (Wildman–Crippen LogP) is 5.86. The minimum atomic E-state index is 0.0284. The van der Waals surface area contributed by atoms with Crippen molar-refractivity contribution in [2.24, 2.45) is 0 Å². The highest BCUT2D eigenvalue weighted by Crippen LogP contribution is 2.33. The van der Waals surface area contributed by atoms with Crippen LogP contribution in [0.1, 0.15) is 49.4 Å². The van der Waals surface area contributed by atoms with Gasteiger partial charge in [-0.25, -0.2) is 4.98 Å². The van der Waals surface area contributed by atoms with Gasteiger partial charge in [-0.3, -0.25) is 0 Å². The number of nitrogens with zero attached hydrogens (tertiary/aromatic N) is 4. The van der Waals surface area contributed by atoms with E-state index in [2.05, 4.69) is 75.0 Å². The van der Waals surface area contributed by atoms with Gasteiger partial charge in [0.25, 0.3) is 5.19 Å². The molecule has 2 heterocycles. The van der Waals surface area contributed by atoms with Crippen molar-refractivity contribution < 1.29 is 4.74 Å². The summed E-state index contributed by atoms with van der Waals surface area (Å²) in [6.45, 7) is 15.0. The molecule has 0 radical (unpaired) electrons. The highest BCUT2D eigenvalue weighted by atomic mass is 32.1. The number of ether oxygens (including phenoxy) is 1. The van der Waals surface area contributed by atoms with Gasteiger partial charge in [0.2, 0.25) is 0 Å². The summed E-state index contributed by atoms with van der Waals surface area (Å²) in [6.07, 6.45) is 1.04. The van der Waals surface area contributed by atoms with Gasteiger partial charge in [-0.2, -0.15) is 9.36 Å². The number of likely N-dealkylation sites (N-methyl/N-ethyl adjacent to an activating group) is 1. The van der Waals surface area contributed by atoms with E-state index in [1.54, 1.807) is 11.3 Å². The second-order valence-electron chi connectivity index (χ2n) is 8.46. The van der Waals surface area contributed by atoms with Gasteiger partial charge in [0.15, 0.2) is 5.82 Å². The normalized spacial score (nSPS) is 12.0. The molecule has 0 amide bonds. The average molecular weight is 431 g/mol. The SMILES string of the molecule is CCN(C)CCc1cc(C)c(Oc2nc(-c3csc(C(C)(C)C)n3)ns2)cc1C. The Kier molecular flexibility index (Phi) is 6.71. The minimum absolute atomic E-state index is 0.0284. The first-order chi connectivity index (χ1) is 13.7. The van der Waals surface area contributed by atoms with Gasteiger partial charge in [0.1, 0.15) is 11.4 Å². The van der Waals surface area contributed by atoms with Gasteiger partial charge >= 0.3 is 0 Å². The summed E-state index contributed by atoms with van der Waals surface area (Å²) in [6, 6.07) is 4.34. The zero-order valence-electron chi connectivity index (χ0n) is 18.4. The lowest BCUT2D eigenvalue weighted by Crippen LogP contribution is -2.20. The molecule has 3 rings (SSSR count). The Hall–Kier alpha value is -1.83. The second-order valence-corrected chi connectivity index (χ2v) is 10.0. The molecule has 1 aromatic carbocycles. The summed E-state index contributed by atoms with van der Waals surface area (Å²) in [7, 11) is 2.15. The van der Waals surface area contributed by atoms with E-state index in [-0.39, 0.29) is 5.41 Å². The maximum absolute atomic E-state index is 6.08. The third-order valence-electron chi connectivity index (χ3n) is 4.92. The van der Waals surface area contributed by atoms with Crippen LogP contribution in [0.2, 0.25) is 0 Å². The molecule has 7 heteroatoms. The number of benzene rings is 1. The van der Waals surface area contributed by atoms with Gasteiger partial charge in [-0.05, 0) is 56.6 Å². The Labute approximate surface area is 182 Å². The highest BCUT2D eigenvalue weighted by Gasteiger charge is 2.20. The van der Waals surface area contributed by atoms with Crippen LogP contribution in [0.25, 0.3) is 11.5 Å². The van der Waals surface area contributed by atoms with E-state index in [1.807, 2.05) is 5.38 Å². The van der Waals surface area contributed by atoms with Crippen LogP contribution in [-0.4, -0.2) is 39.4 Å². The number of aryl methyl sites for hydroxylation is 2. The fourth-order valence-electron chi connectivity index (χ4n) is 2.87. The number of thiazole rings is 1. The monoisotopic (exact) mass is 430 g/mol. The van der Waals surface area contributed by atoms with Crippen molar-refractivity contribution in [3.8, 4) is 22.5 Å². The molecule has 156 valence electrons.